The Hall–Kier alpha value is -1.55. The highest BCUT2D eigenvalue weighted by atomic mass is 16.5. The molecule has 1 saturated heterocycles. The summed E-state index contributed by atoms with van der Waals surface area (Å²) in [5.41, 5.74) is 1.23. The second-order valence-electron chi connectivity index (χ2n) is 6.40. The van der Waals surface area contributed by atoms with Gasteiger partial charge in [-0.25, -0.2) is 0 Å². The average Bonchev–Trinajstić information content (AvgIpc) is 2.54. The van der Waals surface area contributed by atoms with Crippen molar-refractivity contribution in [3.63, 3.8) is 0 Å². The maximum absolute atomic E-state index is 12.6. The minimum absolute atomic E-state index is 0.0786. The molecule has 22 heavy (non-hydrogen) atoms. The van der Waals surface area contributed by atoms with Gasteiger partial charge in [0.2, 0.25) is 0 Å². The Morgan fingerprint density at radius 3 is 2.82 bits per heavy atom. The van der Waals surface area contributed by atoms with Crippen molar-refractivity contribution in [1.82, 2.24) is 10.2 Å². The fourth-order valence-electron chi connectivity index (χ4n) is 2.87. The summed E-state index contributed by atoms with van der Waals surface area (Å²) in [6.07, 6.45) is 1.73. The second-order valence-corrected chi connectivity index (χ2v) is 6.40. The summed E-state index contributed by atoms with van der Waals surface area (Å²) in [4.78, 5) is 14.5. The van der Waals surface area contributed by atoms with Gasteiger partial charge in [-0.3, -0.25) is 4.79 Å². The lowest BCUT2D eigenvalue weighted by Crippen LogP contribution is -2.50. The molecule has 4 nitrogen and oxygen atoms in total. The molecule has 0 radical (unpaired) electrons. The molecule has 2 atom stereocenters. The van der Waals surface area contributed by atoms with E-state index in [9.17, 15) is 4.79 Å². The van der Waals surface area contributed by atoms with Gasteiger partial charge in [0.05, 0.1) is 0 Å². The highest BCUT2D eigenvalue weighted by Crippen LogP contribution is 2.21. The van der Waals surface area contributed by atoms with Gasteiger partial charge in [-0.2, -0.15) is 0 Å². The standard InChI is InChI=1S/C18H28N2O2/c1-13(2)15-7-5-9-17(11-15)22-14(3)18(21)20-10-6-8-16(12-20)19-4/h5,7,9,11,13-14,16,19H,6,8,10,12H2,1-4H3. The SMILES string of the molecule is CNC1CCCN(C(=O)C(C)Oc2cccc(C(C)C)c2)C1. The number of carbonyl (C=O) groups excluding carboxylic acids is 1. The van der Waals surface area contributed by atoms with Crippen LogP contribution >= 0.6 is 0 Å². The van der Waals surface area contributed by atoms with Crippen molar-refractivity contribution in [2.75, 3.05) is 20.1 Å². The molecule has 0 aliphatic carbocycles. The molecule has 0 aromatic heterocycles. The molecule has 1 aliphatic rings. The molecule has 4 heteroatoms. The van der Waals surface area contributed by atoms with Gasteiger partial charge in [0.15, 0.2) is 6.10 Å². The quantitative estimate of drug-likeness (QED) is 0.909. The first-order chi connectivity index (χ1) is 10.5. The third-order valence-corrected chi connectivity index (χ3v) is 4.33. The zero-order chi connectivity index (χ0) is 16.1. The molecule has 1 N–H and O–H groups in total. The average molecular weight is 304 g/mol. The third kappa shape index (κ3) is 4.23. The predicted molar refractivity (Wildman–Crippen MR) is 89.3 cm³/mol. The number of likely N-dealkylation sites (tertiary alicyclic amines) is 1. The number of piperidine rings is 1. The van der Waals surface area contributed by atoms with Crippen LogP contribution in [0.3, 0.4) is 0 Å². The van der Waals surface area contributed by atoms with Crippen LogP contribution in [0.5, 0.6) is 5.75 Å². The van der Waals surface area contributed by atoms with E-state index in [-0.39, 0.29) is 5.91 Å². The number of nitrogens with zero attached hydrogens (tertiary/aromatic N) is 1. The van der Waals surface area contributed by atoms with Crippen LogP contribution in [0.1, 0.15) is 45.1 Å². The third-order valence-electron chi connectivity index (χ3n) is 4.33. The van der Waals surface area contributed by atoms with Gasteiger partial charge in [-0.15, -0.1) is 0 Å². The lowest BCUT2D eigenvalue weighted by atomic mass is 10.0. The monoisotopic (exact) mass is 304 g/mol. The molecule has 1 heterocycles. The van der Waals surface area contributed by atoms with Crippen LogP contribution in [0.15, 0.2) is 24.3 Å². The Bertz CT molecular complexity index is 502. The van der Waals surface area contributed by atoms with Gasteiger partial charge in [0.1, 0.15) is 5.75 Å². The minimum Gasteiger partial charge on any atom is -0.481 e. The van der Waals surface area contributed by atoms with Crippen LogP contribution in [-0.4, -0.2) is 43.1 Å². The smallest absolute Gasteiger partial charge is 0.263 e. The Balaban J connectivity index is 1.97. The van der Waals surface area contributed by atoms with E-state index < -0.39 is 6.10 Å². The van der Waals surface area contributed by atoms with E-state index in [1.165, 1.54) is 5.56 Å². The molecule has 0 spiro atoms. The topological polar surface area (TPSA) is 41.6 Å². The van der Waals surface area contributed by atoms with Crippen LogP contribution < -0.4 is 10.1 Å². The van der Waals surface area contributed by atoms with E-state index in [4.69, 9.17) is 4.74 Å². The first-order valence-corrected chi connectivity index (χ1v) is 8.24. The zero-order valence-electron chi connectivity index (χ0n) is 14.1. The van der Waals surface area contributed by atoms with Gasteiger partial charge in [0, 0.05) is 19.1 Å². The van der Waals surface area contributed by atoms with Crippen LogP contribution in [0, 0.1) is 0 Å². The molecule has 2 unspecified atom stereocenters. The van der Waals surface area contributed by atoms with Gasteiger partial charge in [-0.05, 0) is 50.4 Å². The first-order valence-electron chi connectivity index (χ1n) is 8.24. The fraction of sp³-hybridized carbons (Fsp3) is 0.611. The summed E-state index contributed by atoms with van der Waals surface area (Å²) in [6.45, 7) is 7.75. The summed E-state index contributed by atoms with van der Waals surface area (Å²) in [5.74, 6) is 1.30. The number of ether oxygens (including phenoxy) is 1. The number of hydrogen-bond acceptors (Lipinski definition) is 3. The van der Waals surface area contributed by atoms with Gasteiger partial charge >= 0.3 is 0 Å². The van der Waals surface area contributed by atoms with Crippen LogP contribution in [0.4, 0.5) is 0 Å². The number of benzene rings is 1. The van der Waals surface area contributed by atoms with Crippen LogP contribution in [0.25, 0.3) is 0 Å². The van der Waals surface area contributed by atoms with Gasteiger partial charge in [-0.1, -0.05) is 26.0 Å². The maximum atomic E-state index is 12.6. The number of amides is 1. The number of likely N-dealkylation sites (N-methyl/N-ethyl adjacent to an activating group) is 1. The molecule has 1 aromatic rings. The lowest BCUT2D eigenvalue weighted by Gasteiger charge is -2.34. The van der Waals surface area contributed by atoms with Gasteiger partial charge < -0.3 is 15.0 Å². The highest BCUT2D eigenvalue weighted by Gasteiger charge is 2.27. The van der Waals surface area contributed by atoms with Crippen molar-refractivity contribution < 1.29 is 9.53 Å². The normalized spacial score (nSPS) is 20.0. The van der Waals surface area contributed by atoms with Crippen molar-refractivity contribution in [1.29, 1.82) is 0 Å². The van der Waals surface area contributed by atoms with E-state index in [2.05, 4.69) is 25.2 Å². The summed E-state index contributed by atoms with van der Waals surface area (Å²) < 4.78 is 5.88. The Labute approximate surface area is 133 Å². The van der Waals surface area contributed by atoms with Crippen molar-refractivity contribution in [3.05, 3.63) is 29.8 Å². The lowest BCUT2D eigenvalue weighted by molar-refractivity contribution is -0.139. The van der Waals surface area contributed by atoms with Crippen LogP contribution in [-0.2, 0) is 4.79 Å². The molecule has 1 amide bonds. The molecule has 1 aromatic carbocycles. The fourth-order valence-corrected chi connectivity index (χ4v) is 2.87. The Morgan fingerprint density at radius 1 is 1.36 bits per heavy atom. The van der Waals surface area contributed by atoms with E-state index in [1.807, 2.05) is 37.1 Å². The summed E-state index contributed by atoms with van der Waals surface area (Å²) >= 11 is 0. The van der Waals surface area contributed by atoms with Crippen molar-refractivity contribution >= 4 is 5.91 Å². The molecular weight excluding hydrogens is 276 g/mol. The van der Waals surface area contributed by atoms with E-state index in [0.29, 0.717) is 12.0 Å². The minimum atomic E-state index is -0.446. The van der Waals surface area contributed by atoms with Crippen molar-refractivity contribution in [2.45, 2.75) is 51.7 Å². The second kappa shape index (κ2) is 7.63. The van der Waals surface area contributed by atoms with E-state index in [0.717, 1.165) is 31.7 Å². The maximum Gasteiger partial charge on any atom is 0.263 e. The zero-order valence-corrected chi connectivity index (χ0v) is 14.1. The number of carbonyl (C=O) groups is 1. The van der Waals surface area contributed by atoms with Crippen LogP contribution in [0.2, 0.25) is 0 Å². The number of rotatable bonds is 5. The Morgan fingerprint density at radius 2 is 2.14 bits per heavy atom. The van der Waals surface area contributed by atoms with E-state index in [1.54, 1.807) is 0 Å². The summed E-state index contributed by atoms with van der Waals surface area (Å²) in [5, 5.41) is 3.26. The van der Waals surface area contributed by atoms with E-state index >= 15 is 0 Å². The van der Waals surface area contributed by atoms with Crippen molar-refractivity contribution in [2.24, 2.45) is 0 Å². The Kier molecular flexibility index (Phi) is 5.83. The molecule has 0 bridgehead atoms. The molecule has 2 rings (SSSR count). The predicted octanol–water partition coefficient (Wildman–Crippen LogP) is 2.79. The molecule has 0 saturated carbocycles. The molecular formula is C18H28N2O2. The molecule has 1 aliphatic heterocycles. The van der Waals surface area contributed by atoms with Gasteiger partial charge in [0.25, 0.3) is 5.91 Å². The first kappa shape index (κ1) is 16.8. The largest absolute Gasteiger partial charge is 0.481 e. The summed E-state index contributed by atoms with van der Waals surface area (Å²) in [7, 11) is 1.95. The number of nitrogens with one attached hydrogen (secondary N) is 1. The number of hydrogen-bond donors (Lipinski definition) is 1. The molecule has 122 valence electrons. The molecule has 1 fully saturated rings. The van der Waals surface area contributed by atoms with Crippen molar-refractivity contribution in [3.8, 4) is 5.75 Å². The summed E-state index contributed by atoms with van der Waals surface area (Å²) in [6, 6.07) is 8.42. The highest BCUT2D eigenvalue weighted by molar-refractivity contribution is 5.81.